The van der Waals surface area contributed by atoms with Crippen molar-refractivity contribution in [2.24, 2.45) is 0 Å². The fourth-order valence-corrected chi connectivity index (χ4v) is 3.50. The largest absolute Gasteiger partial charge is 0.269 e. The molecular formula is C10H8Cl6O2S2. The Kier molecular flexibility index (Phi) is 6.56. The highest BCUT2D eigenvalue weighted by Gasteiger charge is 2.33. The summed E-state index contributed by atoms with van der Waals surface area (Å²) in [6.45, 7) is 3.60. The average Bonchev–Trinajstić information content (AvgIpc) is 2.29. The Bertz CT molecular complexity index is 515. The predicted molar refractivity (Wildman–Crippen MR) is 91.4 cm³/mol. The lowest BCUT2D eigenvalue weighted by molar-refractivity contribution is 0.687. The molecule has 0 saturated carbocycles. The van der Waals surface area contributed by atoms with Gasteiger partial charge in [0.15, 0.2) is 0 Å². The van der Waals surface area contributed by atoms with E-state index in [-0.39, 0.29) is 0 Å². The van der Waals surface area contributed by atoms with Crippen LogP contribution in [0.1, 0.15) is 13.8 Å². The Morgan fingerprint density at radius 1 is 0.750 bits per heavy atom. The van der Waals surface area contributed by atoms with Crippen molar-refractivity contribution in [3.8, 4) is 0 Å². The molecule has 0 N–H and O–H groups in total. The summed E-state index contributed by atoms with van der Waals surface area (Å²) in [7, 11) is -3.69. The molecule has 0 amide bonds. The maximum Gasteiger partial charge on any atom is 0.269 e. The molecule has 1 rings (SSSR count). The van der Waals surface area contributed by atoms with Crippen molar-refractivity contribution in [2.75, 3.05) is 0 Å². The van der Waals surface area contributed by atoms with E-state index in [4.69, 9.17) is 69.6 Å². The smallest absolute Gasteiger partial charge is 0.250 e. The van der Waals surface area contributed by atoms with Crippen LogP contribution in [-0.2, 0) is 21.6 Å². The van der Waals surface area contributed by atoms with E-state index in [9.17, 15) is 8.42 Å². The quantitative estimate of drug-likeness (QED) is 0.553. The van der Waals surface area contributed by atoms with Crippen molar-refractivity contribution in [3.63, 3.8) is 0 Å². The molecule has 20 heavy (non-hydrogen) atoms. The van der Waals surface area contributed by atoms with Crippen molar-refractivity contribution in [2.45, 2.75) is 20.1 Å². The minimum atomic E-state index is -1.93. The van der Waals surface area contributed by atoms with E-state index in [0.29, 0.717) is 11.1 Å². The minimum absolute atomic E-state index is 0.565. The molecule has 10 heteroatoms. The van der Waals surface area contributed by atoms with Gasteiger partial charge in [-0.05, 0) is 36.1 Å². The second kappa shape index (κ2) is 6.79. The summed E-state index contributed by atoms with van der Waals surface area (Å²) in [5.41, 5.74) is 2.82. The molecule has 0 bridgehead atoms. The van der Waals surface area contributed by atoms with Crippen LogP contribution in [0.3, 0.4) is 0 Å². The average molecular weight is 437 g/mol. The summed E-state index contributed by atoms with van der Waals surface area (Å²) >= 11 is 33.3. The lowest BCUT2D eigenvalue weighted by atomic mass is 9.81. The molecule has 0 heterocycles. The van der Waals surface area contributed by atoms with Crippen LogP contribution in [0.15, 0.2) is 33.1 Å². The van der Waals surface area contributed by atoms with Crippen LogP contribution >= 0.6 is 69.6 Å². The van der Waals surface area contributed by atoms with Crippen LogP contribution in [0, 0.1) is 0 Å². The molecule has 0 saturated heterocycles. The lowest BCUT2D eigenvalue weighted by Crippen LogP contribution is -2.16. The normalized spacial score (nSPS) is 24.0. The number of hydrogen-bond acceptors (Lipinski definition) is 2. The van der Waals surface area contributed by atoms with Gasteiger partial charge in [-0.2, -0.15) is 0 Å². The van der Waals surface area contributed by atoms with E-state index in [2.05, 4.69) is 0 Å². The van der Waals surface area contributed by atoms with E-state index in [0.717, 1.165) is 11.1 Å². The molecule has 0 aliphatic heterocycles. The van der Waals surface area contributed by atoms with Gasteiger partial charge in [0, 0.05) is 10.8 Å². The summed E-state index contributed by atoms with van der Waals surface area (Å²) in [5, 5.41) is 2.58. The number of halogens is 6. The van der Waals surface area contributed by atoms with Gasteiger partial charge < -0.3 is 0 Å². The molecule has 2 atom stereocenters. The summed E-state index contributed by atoms with van der Waals surface area (Å²) in [4.78, 5) is 0. The standard InChI is InChI=1S/C10H8Cl6O2S2/c1-5-6(2)8(4-20(18)10(14,15)16)7(5)3-19(17)9(11,12)13/h3-4H,1-2H3/b7-3-,8-4+. The van der Waals surface area contributed by atoms with Crippen LogP contribution in [-0.4, -0.2) is 14.7 Å². The van der Waals surface area contributed by atoms with Crippen molar-refractivity contribution >= 4 is 91.2 Å². The van der Waals surface area contributed by atoms with Gasteiger partial charge in [-0.3, -0.25) is 8.42 Å². The zero-order valence-electron chi connectivity index (χ0n) is 10.1. The summed E-state index contributed by atoms with van der Waals surface area (Å²) in [5.74, 6) is 0. The first-order valence-corrected chi connectivity index (χ1v) is 9.62. The molecule has 2 unspecified atom stereocenters. The minimum Gasteiger partial charge on any atom is -0.250 e. The molecule has 0 aromatic carbocycles. The Morgan fingerprint density at radius 3 is 1.20 bits per heavy atom. The molecule has 0 aromatic rings. The molecule has 0 aromatic heterocycles. The lowest BCUT2D eigenvalue weighted by Gasteiger charge is -2.27. The molecule has 2 nitrogen and oxygen atoms in total. The molecule has 0 spiro atoms. The number of rotatable bonds is 2. The highest BCUT2D eigenvalue weighted by molar-refractivity contribution is 7.94. The number of allylic oxidation sites excluding steroid dienone is 4. The number of alkyl halides is 6. The third-order valence-electron chi connectivity index (χ3n) is 2.57. The molecule has 114 valence electrons. The van der Waals surface area contributed by atoms with Crippen molar-refractivity contribution in [1.82, 2.24) is 0 Å². The van der Waals surface area contributed by atoms with Gasteiger partial charge in [0.05, 0.1) is 21.6 Å². The molecule has 1 aliphatic rings. The summed E-state index contributed by atoms with van der Waals surface area (Å²) < 4.78 is 19.7. The fraction of sp³-hybridized carbons (Fsp3) is 0.400. The van der Waals surface area contributed by atoms with Gasteiger partial charge in [0.2, 0.25) is 0 Å². The Hall–Kier alpha value is 1.26. The third kappa shape index (κ3) is 4.63. The molecule has 0 fully saturated rings. The van der Waals surface area contributed by atoms with E-state index < -0.39 is 27.8 Å². The van der Waals surface area contributed by atoms with Gasteiger partial charge in [0.25, 0.3) is 6.25 Å². The molecular weight excluding hydrogens is 429 g/mol. The maximum atomic E-state index is 11.8. The van der Waals surface area contributed by atoms with Crippen LogP contribution in [0.4, 0.5) is 0 Å². The van der Waals surface area contributed by atoms with Gasteiger partial charge in [0.1, 0.15) is 0 Å². The SMILES string of the molecule is CC1=C(C)C(=C\S(=O)C(Cl)(Cl)Cl)/C1=C\S(=O)C(Cl)(Cl)Cl. The van der Waals surface area contributed by atoms with E-state index in [1.165, 1.54) is 10.8 Å². The Labute approximate surface area is 152 Å². The van der Waals surface area contributed by atoms with E-state index >= 15 is 0 Å². The number of hydrogen-bond donors (Lipinski definition) is 0. The zero-order valence-corrected chi connectivity index (χ0v) is 16.2. The predicted octanol–water partition coefficient (Wildman–Crippen LogP) is 5.26. The van der Waals surface area contributed by atoms with Gasteiger partial charge in [-0.1, -0.05) is 69.6 Å². The first-order chi connectivity index (χ1) is 8.85. The third-order valence-corrected chi connectivity index (χ3v) is 7.12. The maximum absolute atomic E-state index is 11.8. The van der Waals surface area contributed by atoms with Gasteiger partial charge in [-0.25, -0.2) is 0 Å². The second-order valence-corrected chi connectivity index (χ2v) is 12.6. The molecule has 0 radical (unpaired) electrons. The zero-order chi connectivity index (χ0) is 15.9. The van der Waals surface area contributed by atoms with Crippen LogP contribution in [0.2, 0.25) is 0 Å². The monoisotopic (exact) mass is 434 g/mol. The molecule has 1 aliphatic carbocycles. The highest BCUT2D eigenvalue weighted by Crippen LogP contribution is 2.43. The van der Waals surface area contributed by atoms with Gasteiger partial charge >= 0.3 is 0 Å². The highest BCUT2D eigenvalue weighted by atomic mass is 35.6. The van der Waals surface area contributed by atoms with Gasteiger partial charge in [-0.15, -0.1) is 0 Å². The first kappa shape index (κ1) is 19.3. The second-order valence-electron chi connectivity index (χ2n) is 3.80. The van der Waals surface area contributed by atoms with Crippen molar-refractivity contribution < 1.29 is 8.42 Å². The fourth-order valence-electron chi connectivity index (χ4n) is 1.40. The van der Waals surface area contributed by atoms with Crippen molar-refractivity contribution in [1.29, 1.82) is 0 Å². The van der Waals surface area contributed by atoms with Crippen LogP contribution < -0.4 is 0 Å². The first-order valence-electron chi connectivity index (χ1n) is 4.92. The van der Waals surface area contributed by atoms with Crippen LogP contribution in [0.5, 0.6) is 0 Å². The summed E-state index contributed by atoms with van der Waals surface area (Å²) in [6.07, 6.45) is 0. The van der Waals surface area contributed by atoms with Crippen LogP contribution in [0.25, 0.3) is 0 Å². The van der Waals surface area contributed by atoms with Crippen molar-refractivity contribution in [3.05, 3.63) is 33.1 Å². The van der Waals surface area contributed by atoms with E-state index in [1.807, 2.05) is 0 Å². The Morgan fingerprint density at radius 2 is 1.00 bits per heavy atom. The Balaban J connectivity index is 3.18. The van der Waals surface area contributed by atoms with E-state index in [1.54, 1.807) is 13.8 Å². The topological polar surface area (TPSA) is 34.1 Å². The summed E-state index contributed by atoms with van der Waals surface area (Å²) in [6, 6.07) is 0.